The van der Waals surface area contributed by atoms with Crippen molar-refractivity contribution in [3.63, 3.8) is 0 Å². The zero-order valence-corrected chi connectivity index (χ0v) is 18.0. The van der Waals surface area contributed by atoms with Crippen LogP contribution in [0.4, 0.5) is 18.9 Å². The van der Waals surface area contributed by atoms with E-state index in [1.54, 1.807) is 23.9 Å². The summed E-state index contributed by atoms with van der Waals surface area (Å²) >= 11 is 1.80. The highest BCUT2D eigenvalue weighted by atomic mass is 32.2. The number of alkyl halides is 3. The van der Waals surface area contributed by atoms with E-state index in [9.17, 15) is 13.2 Å². The molecular weight excluding hydrogens is 401 g/mol. The van der Waals surface area contributed by atoms with Gasteiger partial charge in [-0.2, -0.15) is 24.9 Å². The molecule has 0 unspecified atom stereocenters. The van der Waals surface area contributed by atoms with E-state index in [2.05, 4.69) is 21.9 Å². The minimum absolute atomic E-state index is 0.0294. The first-order chi connectivity index (χ1) is 14.0. The van der Waals surface area contributed by atoms with E-state index in [1.165, 1.54) is 6.07 Å². The molecule has 2 N–H and O–H groups in total. The van der Waals surface area contributed by atoms with Crippen LogP contribution in [0.3, 0.4) is 0 Å². The maximum absolute atomic E-state index is 13.7. The van der Waals surface area contributed by atoms with E-state index in [1.807, 2.05) is 11.8 Å². The van der Waals surface area contributed by atoms with Crippen LogP contribution in [0.15, 0.2) is 23.2 Å². The summed E-state index contributed by atoms with van der Waals surface area (Å²) in [6, 6.07) is 4.52. The fraction of sp³-hybridized carbons (Fsp3) is 0.650. The van der Waals surface area contributed by atoms with E-state index in [0.29, 0.717) is 44.5 Å². The maximum Gasteiger partial charge on any atom is 0.416 e. The molecular formula is C20H31F3N4OS. The molecule has 164 valence electrons. The number of unbranched alkanes of at least 4 members (excludes halogenated alkanes) is 1. The van der Waals surface area contributed by atoms with Crippen LogP contribution in [0.5, 0.6) is 0 Å². The molecule has 0 saturated carbocycles. The quantitative estimate of drug-likeness (QED) is 0.354. The first-order valence-electron chi connectivity index (χ1n) is 9.99. The molecule has 1 aromatic carbocycles. The van der Waals surface area contributed by atoms with Crippen molar-refractivity contribution < 1.29 is 17.9 Å². The Morgan fingerprint density at radius 1 is 1.21 bits per heavy atom. The van der Waals surface area contributed by atoms with Gasteiger partial charge < -0.3 is 20.3 Å². The summed E-state index contributed by atoms with van der Waals surface area (Å²) < 4.78 is 46.3. The normalized spacial score (nSPS) is 15.5. The van der Waals surface area contributed by atoms with Gasteiger partial charge in [-0.25, -0.2) is 4.99 Å². The third-order valence-electron chi connectivity index (χ3n) is 4.59. The van der Waals surface area contributed by atoms with Gasteiger partial charge in [-0.3, -0.25) is 0 Å². The predicted molar refractivity (Wildman–Crippen MR) is 115 cm³/mol. The van der Waals surface area contributed by atoms with Crippen LogP contribution < -0.4 is 15.5 Å². The van der Waals surface area contributed by atoms with Crippen molar-refractivity contribution in [3.05, 3.63) is 29.3 Å². The molecule has 1 saturated heterocycles. The molecule has 2 rings (SSSR count). The Bertz CT molecular complexity index is 649. The Kier molecular flexibility index (Phi) is 9.93. The van der Waals surface area contributed by atoms with Crippen molar-refractivity contribution >= 4 is 23.4 Å². The smallest absolute Gasteiger partial charge is 0.378 e. The van der Waals surface area contributed by atoms with Crippen molar-refractivity contribution in [2.24, 2.45) is 4.99 Å². The molecule has 0 atom stereocenters. The van der Waals surface area contributed by atoms with E-state index < -0.39 is 11.7 Å². The number of nitrogens with one attached hydrogen (secondary N) is 2. The van der Waals surface area contributed by atoms with Gasteiger partial charge in [0.1, 0.15) is 0 Å². The highest BCUT2D eigenvalue weighted by Crippen LogP contribution is 2.35. The van der Waals surface area contributed by atoms with Gasteiger partial charge >= 0.3 is 6.18 Å². The van der Waals surface area contributed by atoms with Crippen molar-refractivity contribution in [2.45, 2.75) is 32.5 Å². The van der Waals surface area contributed by atoms with Gasteiger partial charge in [0.25, 0.3) is 0 Å². The summed E-state index contributed by atoms with van der Waals surface area (Å²) in [6.45, 7) is 5.55. The highest BCUT2D eigenvalue weighted by molar-refractivity contribution is 7.98. The minimum atomic E-state index is -4.42. The van der Waals surface area contributed by atoms with Crippen LogP contribution in [0.2, 0.25) is 0 Å². The molecule has 1 fully saturated rings. The summed E-state index contributed by atoms with van der Waals surface area (Å²) in [5, 5.41) is 6.29. The summed E-state index contributed by atoms with van der Waals surface area (Å²) in [5.41, 5.74) is 0.127. The number of benzene rings is 1. The van der Waals surface area contributed by atoms with Gasteiger partial charge in [-0.15, -0.1) is 0 Å². The number of guanidine groups is 1. The first-order valence-corrected chi connectivity index (χ1v) is 11.4. The summed E-state index contributed by atoms with van der Waals surface area (Å²) in [6.07, 6.45) is -0.264. The minimum Gasteiger partial charge on any atom is -0.378 e. The number of hydrogen-bond acceptors (Lipinski definition) is 4. The van der Waals surface area contributed by atoms with Crippen LogP contribution in [0.25, 0.3) is 0 Å². The van der Waals surface area contributed by atoms with Crippen LogP contribution in [-0.2, 0) is 17.5 Å². The number of aliphatic imine (C=N–C) groups is 1. The average molecular weight is 433 g/mol. The molecule has 0 radical (unpaired) electrons. The summed E-state index contributed by atoms with van der Waals surface area (Å²) in [4.78, 5) is 6.30. The van der Waals surface area contributed by atoms with Crippen LogP contribution in [-0.4, -0.2) is 57.4 Å². The molecule has 1 aromatic rings. The fourth-order valence-electron chi connectivity index (χ4n) is 3.07. The molecule has 0 aromatic heterocycles. The van der Waals surface area contributed by atoms with Gasteiger partial charge in [0.05, 0.1) is 25.3 Å². The third-order valence-corrected chi connectivity index (χ3v) is 5.29. The Morgan fingerprint density at radius 3 is 2.62 bits per heavy atom. The zero-order valence-electron chi connectivity index (χ0n) is 17.1. The maximum atomic E-state index is 13.7. The van der Waals surface area contributed by atoms with E-state index >= 15 is 0 Å². The molecule has 9 heteroatoms. The van der Waals surface area contributed by atoms with Crippen molar-refractivity contribution in [3.8, 4) is 0 Å². The number of morpholine rings is 1. The topological polar surface area (TPSA) is 48.9 Å². The van der Waals surface area contributed by atoms with Crippen LogP contribution >= 0.6 is 11.8 Å². The number of nitrogens with zero attached hydrogens (tertiary/aromatic N) is 2. The molecule has 1 aliphatic rings. The lowest BCUT2D eigenvalue weighted by atomic mass is 10.1. The van der Waals surface area contributed by atoms with E-state index in [0.717, 1.165) is 25.1 Å². The number of anilines is 1. The van der Waals surface area contributed by atoms with E-state index in [-0.39, 0.29) is 12.1 Å². The largest absolute Gasteiger partial charge is 0.416 e. The van der Waals surface area contributed by atoms with E-state index in [4.69, 9.17) is 4.74 Å². The molecule has 5 nitrogen and oxygen atoms in total. The number of halogens is 3. The van der Waals surface area contributed by atoms with Crippen molar-refractivity contribution in [2.75, 3.05) is 56.3 Å². The lowest BCUT2D eigenvalue weighted by Crippen LogP contribution is -2.37. The monoisotopic (exact) mass is 432 g/mol. The second kappa shape index (κ2) is 12.2. The SMILES string of the molecule is CCNC(=NCc1ccc(N2CCOCC2)cc1C(F)(F)F)NCCCCSC. The number of ether oxygens (including phenoxy) is 1. The van der Waals surface area contributed by atoms with Crippen molar-refractivity contribution in [1.82, 2.24) is 10.6 Å². The standard InChI is InChI=1S/C20H31F3N4OS/c1-3-24-19(25-8-4-5-13-29-2)26-15-16-6-7-17(14-18(16)20(21,22)23)27-9-11-28-12-10-27/h6-7,14H,3-5,8-13,15H2,1-2H3,(H2,24,25,26). The van der Waals surface area contributed by atoms with Gasteiger partial charge in [0.15, 0.2) is 5.96 Å². The molecule has 29 heavy (non-hydrogen) atoms. The Morgan fingerprint density at radius 2 is 1.97 bits per heavy atom. The summed E-state index contributed by atoms with van der Waals surface area (Å²) in [7, 11) is 0. The second-order valence-electron chi connectivity index (χ2n) is 6.76. The predicted octanol–water partition coefficient (Wildman–Crippen LogP) is 3.74. The zero-order chi connectivity index (χ0) is 21.1. The van der Waals surface area contributed by atoms with Gasteiger partial charge in [0.2, 0.25) is 0 Å². The van der Waals surface area contributed by atoms with Crippen LogP contribution in [0.1, 0.15) is 30.9 Å². The molecule has 0 spiro atoms. The molecule has 0 bridgehead atoms. The first kappa shape index (κ1) is 23.7. The van der Waals surface area contributed by atoms with Gasteiger partial charge in [0, 0.05) is 31.9 Å². The molecule has 1 heterocycles. The summed E-state index contributed by atoms with van der Waals surface area (Å²) in [5.74, 6) is 1.64. The third kappa shape index (κ3) is 7.97. The fourth-order valence-corrected chi connectivity index (χ4v) is 3.56. The molecule has 0 amide bonds. The Hall–Kier alpha value is -1.61. The Balaban J connectivity index is 2.10. The number of hydrogen-bond donors (Lipinski definition) is 2. The van der Waals surface area contributed by atoms with Gasteiger partial charge in [-0.05, 0) is 49.5 Å². The number of rotatable bonds is 9. The second-order valence-corrected chi connectivity index (χ2v) is 7.75. The lowest BCUT2D eigenvalue weighted by Gasteiger charge is -2.29. The van der Waals surface area contributed by atoms with Crippen LogP contribution in [0, 0.1) is 0 Å². The molecule has 1 aliphatic heterocycles. The van der Waals surface area contributed by atoms with Crippen molar-refractivity contribution in [1.29, 1.82) is 0 Å². The Labute approximate surface area is 175 Å². The number of thioether (sulfide) groups is 1. The average Bonchev–Trinajstić information content (AvgIpc) is 2.71. The molecule has 0 aliphatic carbocycles. The highest BCUT2D eigenvalue weighted by Gasteiger charge is 2.34. The lowest BCUT2D eigenvalue weighted by molar-refractivity contribution is -0.138. The van der Waals surface area contributed by atoms with Gasteiger partial charge in [-0.1, -0.05) is 6.07 Å².